The summed E-state index contributed by atoms with van der Waals surface area (Å²) in [6, 6.07) is 43.6. The largest absolute Gasteiger partial charge is 0.368 e. The smallest absolute Gasteiger partial charge is 0.273 e. The van der Waals surface area contributed by atoms with E-state index >= 15 is 0 Å². The molecule has 2 aromatic heterocycles. The third-order valence-corrected chi connectivity index (χ3v) is 13.7. The van der Waals surface area contributed by atoms with E-state index in [4.69, 9.17) is 11.5 Å². The fourth-order valence-electron chi connectivity index (χ4n) is 10.1. The van der Waals surface area contributed by atoms with Gasteiger partial charge in [-0.1, -0.05) is 141 Å². The van der Waals surface area contributed by atoms with Crippen molar-refractivity contribution in [3.05, 3.63) is 178 Å². The van der Waals surface area contributed by atoms with Crippen molar-refractivity contribution in [3.63, 3.8) is 0 Å². The number of benzene rings is 6. The fraction of sp³-hybridized carbons (Fsp3) is 0.246. The van der Waals surface area contributed by atoms with Crippen LogP contribution < -0.4 is 11.5 Å². The molecular weight excluding hydrogens is 859 g/mol. The first-order chi connectivity index (χ1) is 33.8. The molecule has 2 fully saturated rings. The number of nitrogens with two attached hydrogens (primary N) is 2. The van der Waals surface area contributed by atoms with Gasteiger partial charge >= 0.3 is 0 Å². The van der Waals surface area contributed by atoms with Gasteiger partial charge in [0.15, 0.2) is 6.29 Å². The second kappa shape index (κ2) is 20.2. The van der Waals surface area contributed by atoms with Crippen LogP contribution in [-0.4, -0.2) is 65.8 Å². The summed E-state index contributed by atoms with van der Waals surface area (Å²) in [5, 5.41) is 1.35. The number of likely N-dealkylation sites (tertiary alicyclic amines) is 1. The lowest BCUT2D eigenvalue weighted by Gasteiger charge is -2.19. The van der Waals surface area contributed by atoms with Crippen LogP contribution >= 0.6 is 0 Å². The Labute approximate surface area is 402 Å². The van der Waals surface area contributed by atoms with Gasteiger partial charge in [0, 0.05) is 49.1 Å². The maximum Gasteiger partial charge on any atom is 0.273 e. The number of hydrogen-bond acceptors (Lipinski definition) is 10. The van der Waals surface area contributed by atoms with E-state index in [-0.39, 0.29) is 29.4 Å². The standard InChI is InChI=1S/C28H27N5O.C24H18N4O2.C5H10/c29-28-30-25-12-11-19(23-10-4-3-9-22(23)16-32-13-5-6-14-32)15-24(25)26(31-28)27(34)33-17-20-7-1-2-8-21(20)18-33;25-24-26-21-10-9-15(19-8-4-3-7-18(19)14-29)11-20(21)22(27-24)23(30)28-12-16-5-1-2-6-17(16)13-28;1-2-4-5-3-1/h1-4,7-12,15H,5-6,13-14,16-18H2,(H2,29,30,31);1-11,14H,12-13H2,(H2,25,26,27);1-5H2. The number of amides is 2. The molecule has 1 saturated carbocycles. The molecule has 5 heterocycles. The van der Waals surface area contributed by atoms with Gasteiger partial charge in [-0.2, -0.15) is 0 Å². The summed E-state index contributed by atoms with van der Waals surface area (Å²) >= 11 is 0. The molecule has 1 saturated heterocycles. The number of rotatable bonds is 7. The maximum atomic E-state index is 13.6. The Hall–Kier alpha value is -7.83. The van der Waals surface area contributed by atoms with Crippen LogP contribution in [0.15, 0.2) is 133 Å². The molecule has 346 valence electrons. The number of fused-ring (bicyclic) bond motifs is 4. The number of aldehydes is 1. The van der Waals surface area contributed by atoms with Gasteiger partial charge in [-0.15, -0.1) is 0 Å². The molecule has 0 atom stereocenters. The zero-order valence-corrected chi connectivity index (χ0v) is 38.7. The summed E-state index contributed by atoms with van der Waals surface area (Å²) in [4.78, 5) is 61.9. The summed E-state index contributed by atoms with van der Waals surface area (Å²) in [6.45, 7) is 5.47. The van der Waals surface area contributed by atoms with Gasteiger partial charge in [0.05, 0.1) is 11.0 Å². The fourth-order valence-corrected chi connectivity index (χ4v) is 10.1. The second-order valence-corrected chi connectivity index (χ2v) is 18.3. The van der Waals surface area contributed by atoms with E-state index in [1.165, 1.54) is 67.2 Å². The topological polar surface area (TPSA) is 165 Å². The molecule has 6 aromatic carbocycles. The average molecular weight is 914 g/mol. The Morgan fingerprint density at radius 3 is 1.39 bits per heavy atom. The minimum Gasteiger partial charge on any atom is -0.368 e. The Balaban J connectivity index is 0.000000146. The summed E-state index contributed by atoms with van der Waals surface area (Å²) in [5.41, 5.74) is 24.2. The van der Waals surface area contributed by atoms with Crippen molar-refractivity contribution in [2.24, 2.45) is 0 Å². The van der Waals surface area contributed by atoms with Crippen molar-refractivity contribution >= 4 is 51.8 Å². The first kappa shape index (κ1) is 45.0. The van der Waals surface area contributed by atoms with E-state index < -0.39 is 0 Å². The van der Waals surface area contributed by atoms with Crippen LogP contribution in [0.5, 0.6) is 0 Å². The summed E-state index contributed by atoms with van der Waals surface area (Å²) < 4.78 is 0. The van der Waals surface area contributed by atoms with E-state index in [9.17, 15) is 14.4 Å². The monoisotopic (exact) mass is 913 g/mol. The number of carbonyl (C=O) groups is 3. The number of nitrogen functional groups attached to an aromatic ring is 2. The number of nitrogens with zero attached hydrogens (tertiary/aromatic N) is 7. The van der Waals surface area contributed by atoms with Gasteiger partial charge in [-0.05, 0) is 100 Å². The highest BCUT2D eigenvalue weighted by molar-refractivity contribution is 6.07. The van der Waals surface area contributed by atoms with Crippen molar-refractivity contribution < 1.29 is 14.4 Å². The third kappa shape index (κ3) is 9.80. The number of aromatic nitrogens is 4. The van der Waals surface area contributed by atoms with Crippen LogP contribution in [0.1, 0.15) is 104 Å². The Bertz CT molecular complexity index is 3160. The average Bonchev–Trinajstić information content (AvgIpc) is 4.25. The number of hydrogen-bond donors (Lipinski definition) is 2. The lowest BCUT2D eigenvalue weighted by molar-refractivity contribution is 0.0741. The third-order valence-electron chi connectivity index (χ3n) is 13.7. The molecule has 4 aliphatic rings. The predicted molar refractivity (Wildman–Crippen MR) is 272 cm³/mol. The quantitative estimate of drug-likeness (QED) is 0.147. The van der Waals surface area contributed by atoms with E-state index in [1.54, 1.807) is 17.0 Å². The first-order valence-electron chi connectivity index (χ1n) is 24.0. The minimum absolute atomic E-state index is 0.0589. The van der Waals surface area contributed by atoms with Crippen LogP contribution in [0.4, 0.5) is 11.9 Å². The highest BCUT2D eigenvalue weighted by Crippen LogP contribution is 2.33. The summed E-state index contributed by atoms with van der Waals surface area (Å²) in [6.07, 6.45) is 10.9. The maximum absolute atomic E-state index is 13.6. The molecule has 12 nitrogen and oxygen atoms in total. The minimum atomic E-state index is -0.189. The van der Waals surface area contributed by atoms with Gasteiger partial charge in [0.2, 0.25) is 11.9 Å². The van der Waals surface area contributed by atoms with Gasteiger partial charge in [-0.25, -0.2) is 19.9 Å². The zero-order valence-electron chi connectivity index (χ0n) is 38.7. The molecule has 1 aliphatic carbocycles. The molecule has 2 amide bonds. The molecule has 69 heavy (non-hydrogen) atoms. The van der Waals surface area contributed by atoms with Crippen LogP contribution in [-0.2, 0) is 32.7 Å². The predicted octanol–water partition coefficient (Wildman–Crippen LogP) is 10.4. The van der Waals surface area contributed by atoms with Gasteiger partial charge in [0.25, 0.3) is 11.8 Å². The van der Waals surface area contributed by atoms with Gasteiger partial charge < -0.3 is 21.3 Å². The molecule has 8 aromatic rings. The van der Waals surface area contributed by atoms with E-state index in [1.807, 2.05) is 83.8 Å². The van der Waals surface area contributed by atoms with Crippen molar-refractivity contribution in [1.82, 2.24) is 34.6 Å². The SMILES string of the molecule is C1CCCC1.Nc1nc(C(=O)N2Cc3ccccc3C2)c2cc(-c3ccccc3C=O)ccc2n1.Nc1nc(C(=O)N2Cc3ccccc3C2)c2cc(-c3ccccc3CN3CCCC3)ccc2n1. The second-order valence-electron chi connectivity index (χ2n) is 18.3. The molecule has 12 rings (SSSR count). The van der Waals surface area contributed by atoms with Crippen molar-refractivity contribution in [2.45, 2.75) is 77.7 Å². The van der Waals surface area contributed by atoms with Gasteiger partial charge in [0.1, 0.15) is 11.4 Å². The molecule has 0 unspecified atom stereocenters. The van der Waals surface area contributed by atoms with E-state index in [0.29, 0.717) is 53.9 Å². The normalized spacial score (nSPS) is 15.0. The Kier molecular flexibility index (Phi) is 13.2. The van der Waals surface area contributed by atoms with Crippen LogP contribution in [0.25, 0.3) is 44.1 Å². The molecule has 12 heteroatoms. The molecule has 0 spiro atoms. The molecule has 0 radical (unpaired) electrons. The lowest BCUT2D eigenvalue weighted by atomic mass is 9.97. The van der Waals surface area contributed by atoms with Crippen LogP contribution in [0.2, 0.25) is 0 Å². The molecular formula is C57H55N9O3. The van der Waals surface area contributed by atoms with Crippen LogP contribution in [0, 0.1) is 0 Å². The highest BCUT2D eigenvalue weighted by atomic mass is 16.2. The Morgan fingerprint density at radius 2 is 0.913 bits per heavy atom. The van der Waals surface area contributed by atoms with Gasteiger partial charge in [-0.3, -0.25) is 19.3 Å². The van der Waals surface area contributed by atoms with Crippen LogP contribution in [0.3, 0.4) is 0 Å². The van der Waals surface area contributed by atoms with Crippen molar-refractivity contribution in [2.75, 3.05) is 24.6 Å². The van der Waals surface area contributed by atoms with E-state index in [0.717, 1.165) is 59.1 Å². The number of carbonyl (C=O) groups excluding carboxylic acids is 3. The number of anilines is 2. The summed E-state index contributed by atoms with van der Waals surface area (Å²) in [7, 11) is 0. The zero-order chi connectivity index (χ0) is 47.3. The lowest BCUT2D eigenvalue weighted by Crippen LogP contribution is -2.27. The molecule has 0 bridgehead atoms. The Morgan fingerprint density at radius 1 is 0.493 bits per heavy atom. The van der Waals surface area contributed by atoms with Crippen molar-refractivity contribution in [3.8, 4) is 22.3 Å². The first-order valence-corrected chi connectivity index (χ1v) is 24.0. The van der Waals surface area contributed by atoms with Crippen molar-refractivity contribution in [1.29, 1.82) is 0 Å². The van der Waals surface area contributed by atoms with E-state index in [2.05, 4.69) is 67.3 Å². The highest BCUT2D eigenvalue weighted by Gasteiger charge is 2.29. The summed E-state index contributed by atoms with van der Waals surface area (Å²) in [5.74, 6) is -0.123. The molecule has 4 N–H and O–H groups in total. The molecule has 3 aliphatic heterocycles.